The van der Waals surface area contributed by atoms with Gasteiger partial charge in [0.25, 0.3) is 0 Å². The lowest BCUT2D eigenvalue weighted by atomic mass is 10.00. The van der Waals surface area contributed by atoms with E-state index in [9.17, 15) is 22.8 Å². The van der Waals surface area contributed by atoms with Gasteiger partial charge in [-0.3, -0.25) is 20.2 Å². The highest BCUT2D eigenvalue weighted by atomic mass is 19.2. The Morgan fingerprint density at radius 1 is 1.24 bits per heavy atom. The summed E-state index contributed by atoms with van der Waals surface area (Å²) in [6.07, 6.45) is -0.677. The lowest BCUT2D eigenvalue weighted by Gasteiger charge is -2.35. The van der Waals surface area contributed by atoms with Crippen molar-refractivity contribution in [3.8, 4) is 0 Å². The summed E-state index contributed by atoms with van der Waals surface area (Å²) < 4.78 is 45.4. The summed E-state index contributed by atoms with van der Waals surface area (Å²) in [4.78, 5) is 27.9. The van der Waals surface area contributed by atoms with E-state index in [0.717, 1.165) is 19.2 Å². The molecule has 25 heavy (non-hydrogen) atoms. The second kappa shape index (κ2) is 6.96. The molecule has 0 aliphatic carbocycles. The van der Waals surface area contributed by atoms with E-state index >= 15 is 0 Å². The minimum absolute atomic E-state index is 0.0418. The molecule has 0 bridgehead atoms. The van der Waals surface area contributed by atoms with Crippen LogP contribution in [-0.4, -0.2) is 35.9 Å². The van der Waals surface area contributed by atoms with Gasteiger partial charge in [-0.2, -0.15) is 0 Å². The number of aliphatic imine (C=N–C) groups is 1. The SMILES string of the molecule is COC(=O)C1=C(c2cc(F)c(F)c(F)c2)N(NC(C)=O)C(C)N=C1C. The number of halogens is 3. The Hall–Kier alpha value is -2.84. The first-order chi connectivity index (χ1) is 11.7. The monoisotopic (exact) mass is 355 g/mol. The van der Waals surface area contributed by atoms with Gasteiger partial charge in [0.1, 0.15) is 11.7 Å². The molecule has 0 radical (unpaired) electrons. The Morgan fingerprint density at radius 3 is 2.28 bits per heavy atom. The van der Waals surface area contributed by atoms with Gasteiger partial charge in [-0.1, -0.05) is 0 Å². The van der Waals surface area contributed by atoms with Gasteiger partial charge < -0.3 is 4.74 Å². The molecule has 1 heterocycles. The van der Waals surface area contributed by atoms with Crippen LogP contribution in [0.4, 0.5) is 13.2 Å². The van der Waals surface area contributed by atoms with E-state index in [-0.39, 0.29) is 22.5 Å². The van der Waals surface area contributed by atoms with Crippen molar-refractivity contribution < 1.29 is 27.5 Å². The molecule has 0 aromatic heterocycles. The first-order valence-electron chi connectivity index (χ1n) is 7.26. The van der Waals surface area contributed by atoms with Gasteiger partial charge in [0.15, 0.2) is 17.5 Å². The van der Waals surface area contributed by atoms with Crippen LogP contribution in [0.3, 0.4) is 0 Å². The fourth-order valence-corrected chi connectivity index (χ4v) is 2.52. The van der Waals surface area contributed by atoms with Crippen molar-refractivity contribution in [2.24, 2.45) is 4.99 Å². The zero-order valence-corrected chi connectivity index (χ0v) is 14.0. The van der Waals surface area contributed by atoms with Gasteiger partial charge >= 0.3 is 5.97 Å². The number of benzene rings is 1. The Kier molecular flexibility index (Phi) is 5.15. The van der Waals surface area contributed by atoms with Gasteiger partial charge in [-0.05, 0) is 26.0 Å². The van der Waals surface area contributed by atoms with Gasteiger partial charge in [-0.25, -0.2) is 18.0 Å². The van der Waals surface area contributed by atoms with E-state index in [4.69, 9.17) is 4.74 Å². The van der Waals surface area contributed by atoms with Crippen LogP contribution < -0.4 is 5.43 Å². The number of hydrogen-bond donors (Lipinski definition) is 1. The Balaban J connectivity index is 2.79. The quantitative estimate of drug-likeness (QED) is 0.666. The van der Waals surface area contributed by atoms with Gasteiger partial charge in [0.2, 0.25) is 5.91 Å². The third-order valence-corrected chi connectivity index (χ3v) is 3.52. The summed E-state index contributed by atoms with van der Waals surface area (Å²) in [6, 6.07) is 1.47. The normalized spacial score (nSPS) is 17.3. The largest absolute Gasteiger partial charge is 0.465 e. The number of nitrogens with zero attached hydrogens (tertiary/aromatic N) is 2. The Bertz CT molecular complexity index is 782. The van der Waals surface area contributed by atoms with Crippen LogP contribution in [0.15, 0.2) is 22.7 Å². The summed E-state index contributed by atoms with van der Waals surface area (Å²) >= 11 is 0. The summed E-state index contributed by atoms with van der Waals surface area (Å²) in [5, 5.41) is 1.17. The number of amides is 1. The molecule has 0 saturated heterocycles. The van der Waals surface area contributed by atoms with Crippen molar-refractivity contribution in [1.29, 1.82) is 0 Å². The minimum atomic E-state index is -1.63. The van der Waals surface area contributed by atoms with Gasteiger partial charge in [-0.15, -0.1) is 0 Å². The molecule has 134 valence electrons. The summed E-state index contributed by atoms with van der Waals surface area (Å²) in [5.41, 5.74) is 2.41. The lowest BCUT2D eigenvalue weighted by molar-refractivity contribution is -0.135. The Labute approximate surface area is 141 Å². The van der Waals surface area contributed by atoms with E-state index in [1.807, 2.05) is 0 Å². The average molecular weight is 355 g/mol. The minimum Gasteiger partial charge on any atom is -0.465 e. The number of rotatable bonds is 3. The van der Waals surface area contributed by atoms with E-state index in [1.54, 1.807) is 6.92 Å². The van der Waals surface area contributed by atoms with E-state index in [1.165, 1.54) is 18.9 Å². The van der Waals surface area contributed by atoms with Crippen molar-refractivity contribution >= 4 is 23.3 Å². The third-order valence-electron chi connectivity index (χ3n) is 3.52. The molecule has 0 spiro atoms. The van der Waals surface area contributed by atoms with Gasteiger partial charge in [0, 0.05) is 12.5 Å². The molecular weight excluding hydrogens is 339 g/mol. The van der Waals surface area contributed by atoms with Crippen molar-refractivity contribution in [1.82, 2.24) is 10.4 Å². The molecule has 9 heteroatoms. The number of carbonyl (C=O) groups is 2. The zero-order chi connectivity index (χ0) is 18.9. The van der Waals surface area contributed by atoms with E-state index < -0.39 is 35.5 Å². The van der Waals surface area contributed by atoms with Crippen LogP contribution in [-0.2, 0) is 14.3 Å². The highest BCUT2D eigenvalue weighted by Gasteiger charge is 2.33. The molecule has 0 saturated carbocycles. The molecule has 1 aromatic rings. The molecule has 1 atom stereocenters. The maximum atomic E-state index is 13.7. The number of esters is 1. The van der Waals surface area contributed by atoms with Crippen LogP contribution in [0.1, 0.15) is 26.3 Å². The van der Waals surface area contributed by atoms with Crippen LogP contribution in [0.5, 0.6) is 0 Å². The topological polar surface area (TPSA) is 71.0 Å². The summed E-state index contributed by atoms with van der Waals surface area (Å²) in [7, 11) is 1.13. The maximum Gasteiger partial charge on any atom is 0.341 e. The molecule has 1 aromatic carbocycles. The average Bonchev–Trinajstić information content (AvgIpc) is 2.53. The molecule has 6 nitrogen and oxygen atoms in total. The molecule has 1 aliphatic rings. The molecule has 2 rings (SSSR count). The predicted octanol–water partition coefficient (Wildman–Crippen LogP) is 2.16. The molecule has 0 fully saturated rings. The lowest BCUT2D eigenvalue weighted by Crippen LogP contribution is -2.48. The molecule has 1 aliphatic heterocycles. The number of methoxy groups -OCH3 is 1. The first kappa shape index (κ1) is 18.5. The van der Waals surface area contributed by atoms with Crippen LogP contribution in [0.2, 0.25) is 0 Å². The number of hydrogen-bond acceptors (Lipinski definition) is 5. The van der Waals surface area contributed by atoms with Crippen LogP contribution in [0.25, 0.3) is 5.70 Å². The standard InChI is InChI=1S/C16H16F3N3O3/c1-7-13(16(24)25-4)15(22(8(2)20-7)21-9(3)23)10-5-11(17)14(19)12(18)6-10/h5-6,8H,1-4H3,(H,21,23). The van der Waals surface area contributed by atoms with Crippen molar-refractivity contribution in [2.45, 2.75) is 26.9 Å². The second-order valence-electron chi connectivity index (χ2n) is 5.35. The van der Waals surface area contributed by atoms with Crippen LogP contribution in [0, 0.1) is 17.5 Å². The van der Waals surface area contributed by atoms with Gasteiger partial charge in [0.05, 0.1) is 18.5 Å². The third kappa shape index (κ3) is 3.49. The predicted molar refractivity (Wildman–Crippen MR) is 83.5 cm³/mol. The Morgan fingerprint density at radius 2 is 1.80 bits per heavy atom. The summed E-state index contributed by atoms with van der Waals surface area (Å²) in [5.74, 6) is -5.80. The smallest absolute Gasteiger partial charge is 0.341 e. The van der Waals surface area contributed by atoms with Crippen molar-refractivity contribution in [2.75, 3.05) is 7.11 Å². The van der Waals surface area contributed by atoms with E-state index in [2.05, 4.69) is 10.4 Å². The highest BCUT2D eigenvalue weighted by molar-refractivity contribution is 6.24. The maximum absolute atomic E-state index is 13.7. The number of nitrogens with one attached hydrogen (secondary N) is 1. The zero-order valence-electron chi connectivity index (χ0n) is 14.0. The first-order valence-corrected chi connectivity index (χ1v) is 7.26. The number of carbonyl (C=O) groups excluding carboxylic acids is 2. The fraction of sp³-hybridized carbons (Fsp3) is 0.312. The molecule has 1 unspecified atom stereocenters. The molecular formula is C16H16F3N3O3. The van der Waals surface area contributed by atoms with Crippen LogP contribution >= 0.6 is 0 Å². The molecule has 1 amide bonds. The number of ether oxygens (including phenoxy) is 1. The molecule has 1 N–H and O–H groups in total. The van der Waals surface area contributed by atoms with E-state index in [0.29, 0.717) is 0 Å². The number of hydrazine groups is 1. The van der Waals surface area contributed by atoms with Crippen molar-refractivity contribution in [3.05, 3.63) is 40.7 Å². The van der Waals surface area contributed by atoms with Crippen molar-refractivity contribution in [3.63, 3.8) is 0 Å². The highest BCUT2D eigenvalue weighted by Crippen LogP contribution is 2.31. The summed E-state index contributed by atoms with van der Waals surface area (Å²) in [6.45, 7) is 4.34. The second-order valence-corrected chi connectivity index (χ2v) is 5.35. The fourth-order valence-electron chi connectivity index (χ4n) is 2.52.